The number of carbonyl (C=O) groups is 3. The van der Waals surface area contributed by atoms with Gasteiger partial charge in [0, 0.05) is 12.3 Å². The van der Waals surface area contributed by atoms with Crippen LogP contribution in [0, 0.1) is 11.6 Å². The van der Waals surface area contributed by atoms with Gasteiger partial charge in [0.25, 0.3) is 0 Å². The number of aromatic nitrogens is 1. The molecule has 0 bridgehead atoms. The molecule has 136 valence electrons. The van der Waals surface area contributed by atoms with Crippen LogP contribution in [0.5, 0.6) is 0 Å². The number of nitrogens with one attached hydrogen (secondary N) is 3. The average molecular weight is 364 g/mol. The van der Waals surface area contributed by atoms with Crippen LogP contribution >= 0.6 is 0 Å². The highest BCUT2D eigenvalue weighted by molar-refractivity contribution is 5.98. The number of carbonyl (C=O) groups excluding carboxylic acids is 3. The molecule has 8 nitrogen and oxygen atoms in total. The molecule has 0 atom stereocenters. The van der Waals surface area contributed by atoms with Crippen LogP contribution in [-0.2, 0) is 9.53 Å². The van der Waals surface area contributed by atoms with E-state index in [1.54, 1.807) is 12.1 Å². The summed E-state index contributed by atoms with van der Waals surface area (Å²) in [6.45, 7) is -0.409. The topological polar surface area (TPSA) is 109 Å². The lowest BCUT2D eigenvalue weighted by Gasteiger charge is -2.10. The summed E-state index contributed by atoms with van der Waals surface area (Å²) < 4.78 is 31.6. The first-order valence-corrected chi connectivity index (χ1v) is 7.22. The first-order chi connectivity index (χ1) is 12.4. The molecule has 0 spiro atoms. The first-order valence-electron chi connectivity index (χ1n) is 7.22. The zero-order valence-electron chi connectivity index (χ0n) is 13.5. The number of ether oxygens (including phenoxy) is 1. The molecule has 26 heavy (non-hydrogen) atoms. The van der Waals surface area contributed by atoms with E-state index >= 15 is 0 Å². The van der Waals surface area contributed by atoms with E-state index in [0.717, 1.165) is 13.2 Å². The Morgan fingerprint density at radius 2 is 1.92 bits per heavy atom. The predicted octanol–water partition coefficient (Wildman–Crippen LogP) is 1.91. The molecule has 1 aromatic heterocycles. The van der Waals surface area contributed by atoms with Crippen LogP contribution in [-0.4, -0.2) is 36.5 Å². The van der Waals surface area contributed by atoms with E-state index in [1.165, 1.54) is 12.4 Å². The Hall–Kier alpha value is -3.56. The minimum atomic E-state index is -1.13. The maximum absolute atomic E-state index is 13.7. The van der Waals surface area contributed by atoms with Gasteiger partial charge in [-0.3, -0.25) is 9.78 Å². The van der Waals surface area contributed by atoms with Crippen molar-refractivity contribution in [2.45, 2.75) is 0 Å². The highest BCUT2D eigenvalue weighted by Crippen LogP contribution is 2.20. The number of urea groups is 1. The fraction of sp³-hybridized carbons (Fsp3) is 0.125. The van der Waals surface area contributed by atoms with Crippen LogP contribution in [0.25, 0.3) is 0 Å². The van der Waals surface area contributed by atoms with E-state index in [9.17, 15) is 23.2 Å². The molecule has 1 heterocycles. The fourth-order valence-electron chi connectivity index (χ4n) is 1.88. The van der Waals surface area contributed by atoms with Gasteiger partial charge in [0.05, 0.1) is 36.8 Å². The summed E-state index contributed by atoms with van der Waals surface area (Å²) >= 11 is 0. The van der Waals surface area contributed by atoms with E-state index < -0.39 is 47.3 Å². The number of nitrogens with zero attached hydrogens (tertiary/aromatic N) is 1. The molecule has 0 radical (unpaired) electrons. The lowest BCUT2D eigenvalue weighted by atomic mass is 10.2. The number of anilines is 2. The van der Waals surface area contributed by atoms with Gasteiger partial charge in [-0.2, -0.15) is 0 Å². The van der Waals surface area contributed by atoms with Crippen molar-refractivity contribution in [1.82, 2.24) is 10.3 Å². The maximum Gasteiger partial charge on any atom is 0.340 e. The van der Waals surface area contributed by atoms with E-state index in [-0.39, 0.29) is 0 Å². The minimum absolute atomic E-state index is 0.409. The molecule has 2 rings (SSSR count). The molecule has 0 fully saturated rings. The Bertz CT molecular complexity index is 830. The molecule has 10 heteroatoms. The van der Waals surface area contributed by atoms with Gasteiger partial charge in [0.1, 0.15) is 11.6 Å². The third kappa shape index (κ3) is 4.97. The summed E-state index contributed by atoms with van der Waals surface area (Å²) in [5, 5.41) is 6.76. The second-order valence-corrected chi connectivity index (χ2v) is 4.90. The van der Waals surface area contributed by atoms with Gasteiger partial charge in [-0.15, -0.1) is 0 Å². The Labute approximate surface area is 146 Å². The SMILES string of the molecule is COC(=O)c1cc(NC(=O)NCC(=O)Nc2cccnc2)c(F)cc1F. The Morgan fingerprint density at radius 3 is 2.58 bits per heavy atom. The molecule has 0 unspecified atom stereocenters. The highest BCUT2D eigenvalue weighted by Gasteiger charge is 2.18. The van der Waals surface area contributed by atoms with Gasteiger partial charge >= 0.3 is 12.0 Å². The van der Waals surface area contributed by atoms with Gasteiger partial charge in [0.15, 0.2) is 0 Å². The average Bonchev–Trinajstić information content (AvgIpc) is 2.62. The molecular weight excluding hydrogens is 350 g/mol. The zero-order valence-corrected chi connectivity index (χ0v) is 13.5. The van der Waals surface area contributed by atoms with Crippen molar-refractivity contribution in [3.05, 3.63) is 53.9 Å². The number of rotatable bonds is 5. The van der Waals surface area contributed by atoms with Crippen LogP contribution < -0.4 is 16.0 Å². The monoisotopic (exact) mass is 364 g/mol. The van der Waals surface area contributed by atoms with Crippen LogP contribution in [0.2, 0.25) is 0 Å². The Balaban J connectivity index is 1.95. The Morgan fingerprint density at radius 1 is 1.15 bits per heavy atom. The summed E-state index contributed by atoms with van der Waals surface area (Å²) in [6, 6.07) is 3.54. The largest absolute Gasteiger partial charge is 0.465 e. The van der Waals surface area contributed by atoms with Gasteiger partial charge in [-0.05, 0) is 18.2 Å². The molecule has 0 saturated carbocycles. The summed E-state index contributed by atoms with van der Waals surface area (Å²) in [7, 11) is 1.03. The number of esters is 1. The molecule has 3 N–H and O–H groups in total. The third-order valence-electron chi connectivity index (χ3n) is 3.07. The number of benzene rings is 1. The van der Waals surface area contributed by atoms with E-state index in [0.29, 0.717) is 11.8 Å². The second kappa shape index (κ2) is 8.51. The van der Waals surface area contributed by atoms with Gasteiger partial charge in [-0.1, -0.05) is 0 Å². The molecule has 0 aliphatic rings. The minimum Gasteiger partial charge on any atom is -0.465 e. The lowest BCUT2D eigenvalue weighted by molar-refractivity contribution is -0.115. The maximum atomic E-state index is 13.7. The van der Waals surface area contributed by atoms with Crippen molar-refractivity contribution >= 4 is 29.3 Å². The lowest BCUT2D eigenvalue weighted by Crippen LogP contribution is -2.36. The molecule has 2 aromatic rings. The third-order valence-corrected chi connectivity index (χ3v) is 3.07. The smallest absolute Gasteiger partial charge is 0.340 e. The molecule has 0 aliphatic carbocycles. The standard InChI is InChI=1S/C16H14F2N4O4/c1-26-15(24)10-5-13(12(18)6-11(10)17)22-16(25)20-8-14(23)21-9-3-2-4-19-7-9/h2-7H,8H2,1H3,(H,21,23)(H2,20,22,25). The number of pyridine rings is 1. The van der Waals surface area contributed by atoms with Crippen LogP contribution in [0.1, 0.15) is 10.4 Å². The summed E-state index contributed by atoms with van der Waals surface area (Å²) in [5.74, 6) is -3.79. The van der Waals surface area contributed by atoms with Crippen LogP contribution in [0.3, 0.4) is 0 Å². The number of amides is 3. The van der Waals surface area contributed by atoms with E-state index in [4.69, 9.17) is 0 Å². The van der Waals surface area contributed by atoms with Crippen molar-refractivity contribution in [1.29, 1.82) is 0 Å². The van der Waals surface area contributed by atoms with Crippen molar-refractivity contribution < 1.29 is 27.9 Å². The van der Waals surface area contributed by atoms with Crippen molar-refractivity contribution in [3.8, 4) is 0 Å². The molecule has 0 saturated heterocycles. The number of hydrogen-bond acceptors (Lipinski definition) is 5. The highest BCUT2D eigenvalue weighted by atomic mass is 19.1. The quantitative estimate of drug-likeness (QED) is 0.702. The summed E-state index contributed by atoms with van der Waals surface area (Å²) in [4.78, 5) is 38.7. The van der Waals surface area contributed by atoms with Crippen LogP contribution in [0.15, 0.2) is 36.7 Å². The second-order valence-electron chi connectivity index (χ2n) is 4.90. The van der Waals surface area contributed by atoms with Crippen molar-refractivity contribution in [2.75, 3.05) is 24.3 Å². The number of hydrogen-bond donors (Lipinski definition) is 3. The zero-order chi connectivity index (χ0) is 19.1. The number of halogens is 2. The van der Waals surface area contributed by atoms with E-state index in [1.807, 2.05) is 0 Å². The van der Waals surface area contributed by atoms with Gasteiger partial charge < -0.3 is 20.7 Å². The first kappa shape index (κ1) is 18.8. The number of methoxy groups -OCH3 is 1. The van der Waals surface area contributed by atoms with Crippen molar-refractivity contribution in [2.24, 2.45) is 0 Å². The molecule has 1 aromatic carbocycles. The van der Waals surface area contributed by atoms with Crippen molar-refractivity contribution in [3.63, 3.8) is 0 Å². The normalized spacial score (nSPS) is 9.96. The molecule has 0 aliphatic heterocycles. The van der Waals surface area contributed by atoms with Gasteiger partial charge in [-0.25, -0.2) is 18.4 Å². The molecular formula is C16H14F2N4O4. The summed E-state index contributed by atoms with van der Waals surface area (Å²) in [5.41, 5.74) is -0.553. The fourth-order valence-corrected chi connectivity index (χ4v) is 1.88. The Kier molecular flexibility index (Phi) is 6.15. The van der Waals surface area contributed by atoms with E-state index in [2.05, 4.69) is 25.7 Å². The summed E-state index contributed by atoms with van der Waals surface area (Å²) in [6.07, 6.45) is 2.95. The molecule has 3 amide bonds. The predicted molar refractivity (Wildman–Crippen MR) is 87.6 cm³/mol. The van der Waals surface area contributed by atoms with Crippen LogP contribution in [0.4, 0.5) is 25.0 Å². The van der Waals surface area contributed by atoms with Gasteiger partial charge in [0.2, 0.25) is 5.91 Å².